The summed E-state index contributed by atoms with van der Waals surface area (Å²) in [6.45, 7) is 2.91. The Morgan fingerprint density at radius 3 is 2.42 bits per heavy atom. The van der Waals surface area contributed by atoms with Gasteiger partial charge < -0.3 is 11.1 Å². The first kappa shape index (κ1) is 13.7. The molecule has 0 radical (unpaired) electrons. The summed E-state index contributed by atoms with van der Waals surface area (Å²) in [5, 5.41) is 3.19. The van der Waals surface area contributed by atoms with Gasteiger partial charge in [-0.25, -0.2) is 0 Å². The van der Waals surface area contributed by atoms with E-state index < -0.39 is 11.9 Å². The predicted octanol–water partition coefficient (Wildman–Crippen LogP) is -0.443. The molecule has 0 bridgehead atoms. The van der Waals surface area contributed by atoms with Crippen molar-refractivity contribution in [2.24, 2.45) is 5.73 Å². The number of nitrogens with two attached hydrogens (primary N) is 1. The number of hydrogen-bond acceptors (Lipinski definition) is 4. The van der Waals surface area contributed by atoms with Gasteiger partial charge in [0.1, 0.15) is 6.04 Å². The first-order valence-electron chi connectivity index (χ1n) is 6.49. The van der Waals surface area contributed by atoms with Crippen molar-refractivity contribution in [3.05, 3.63) is 35.9 Å². The van der Waals surface area contributed by atoms with Crippen LogP contribution in [0.2, 0.25) is 0 Å². The van der Waals surface area contributed by atoms with Crippen molar-refractivity contribution in [1.29, 1.82) is 0 Å². The van der Waals surface area contributed by atoms with Gasteiger partial charge >= 0.3 is 0 Å². The lowest BCUT2D eigenvalue weighted by molar-refractivity contribution is -0.134. The fourth-order valence-electron chi connectivity index (χ4n) is 2.38. The molecular formula is C14H19N3O2. The minimum absolute atomic E-state index is 0.124. The van der Waals surface area contributed by atoms with Crippen LogP contribution in [0.4, 0.5) is 0 Å². The highest BCUT2D eigenvalue weighted by atomic mass is 16.2. The number of nitrogens with zero attached hydrogens (tertiary/aromatic N) is 1. The summed E-state index contributed by atoms with van der Waals surface area (Å²) in [7, 11) is 0. The lowest BCUT2D eigenvalue weighted by Gasteiger charge is -2.32. The van der Waals surface area contributed by atoms with Crippen molar-refractivity contribution in [3.63, 3.8) is 0 Å². The molecule has 1 atom stereocenters. The summed E-state index contributed by atoms with van der Waals surface area (Å²) in [4.78, 5) is 25.7. The smallest absolute Gasteiger partial charge is 0.242 e. The molecule has 2 rings (SSSR count). The van der Waals surface area contributed by atoms with E-state index in [2.05, 4.69) is 5.32 Å². The van der Waals surface area contributed by atoms with Crippen LogP contribution in [0.3, 0.4) is 0 Å². The number of benzene rings is 1. The normalized spacial score (nSPS) is 17.9. The molecule has 1 aromatic carbocycles. The van der Waals surface area contributed by atoms with Gasteiger partial charge in [0.25, 0.3) is 0 Å². The van der Waals surface area contributed by atoms with Crippen molar-refractivity contribution in [2.45, 2.75) is 12.5 Å². The summed E-state index contributed by atoms with van der Waals surface area (Å²) in [5.41, 5.74) is 6.31. The maximum Gasteiger partial charge on any atom is 0.242 e. The van der Waals surface area contributed by atoms with Gasteiger partial charge in [-0.15, -0.1) is 0 Å². The van der Waals surface area contributed by atoms with Crippen LogP contribution in [0, 0.1) is 0 Å². The van der Waals surface area contributed by atoms with Crippen LogP contribution in [0.15, 0.2) is 30.3 Å². The van der Waals surface area contributed by atoms with Crippen molar-refractivity contribution in [3.8, 4) is 0 Å². The van der Waals surface area contributed by atoms with E-state index in [1.165, 1.54) is 0 Å². The minimum Gasteiger partial charge on any atom is -0.368 e. The van der Waals surface area contributed by atoms with E-state index in [9.17, 15) is 9.59 Å². The molecule has 0 aliphatic carbocycles. The van der Waals surface area contributed by atoms with E-state index >= 15 is 0 Å². The highest BCUT2D eigenvalue weighted by Gasteiger charge is 2.31. The van der Waals surface area contributed by atoms with Crippen LogP contribution in [-0.4, -0.2) is 48.8 Å². The second-order valence-corrected chi connectivity index (χ2v) is 4.72. The topological polar surface area (TPSA) is 75.4 Å². The zero-order valence-corrected chi connectivity index (χ0v) is 10.8. The van der Waals surface area contributed by atoms with Gasteiger partial charge in [0.05, 0.1) is 0 Å². The van der Waals surface area contributed by atoms with Gasteiger partial charge in [0, 0.05) is 32.6 Å². The molecule has 102 valence electrons. The third-order valence-electron chi connectivity index (χ3n) is 3.31. The Bertz CT molecular complexity index is 441. The molecule has 1 aliphatic heterocycles. The number of nitrogens with one attached hydrogen (secondary N) is 1. The highest BCUT2D eigenvalue weighted by molar-refractivity contribution is 6.05. The number of amides is 1. The molecule has 5 nitrogen and oxygen atoms in total. The summed E-state index contributed by atoms with van der Waals surface area (Å²) in [5.74, 6) is -0.677. The van der Waals surface area contributed by atoms with E-state index in [0.29, 0.717) is 13.1 Å². The molecule has 0 spiro atoms. The number of hydrogen-bond donors (Lipinski definition) is 2. The Morgan fingerprint density at radius 1 is 1.21 bits per heavy atom. The standard InChI is InChI=1S/C14H19N3O2/c15-14(19)13(17-8-6-16-7-9-17)12(18)10-11-4-2-1-3-5-11/h1-5,13,16H,6-10H2,(H2,15,19). The fourth-order valence-corrected chi connectivity index (χ4v) is 2.38. The Morgan fingerprint density at radius 2 is 1.84 bits per heavy atom. The summed E-state index contributed by atoms with van der Waals surface area (Å²) in [6.07, 6.45) is 0.248. The summed E-state index contributed by atoms with van der Waals surface area (Å²) >= 11 is 0. The Labute approximate surface area is 112 Å². The number of ketones is 1. The molecule has 1 heterocycles. The van der Waals surface area contributed by atoms with E-state index in [0.717, 1.165) is 18.7 Å². The largest absolute Gasteiger partial charge is 0.368 e. The van der Waals surface area contributed by atoms with Crippen molar-refractivity contribution in [1.82, 2.24) is 10.2 Å². The van der Waals surface area contributed by atoms with Crippen molar-refractivity contribution >= 4 is 11.7 Å². The molecule has 3 N–H and O–H groups in total. The van der Waals surface area contributed by atoms with E-state index in [-0.39, 0.29) is 12.2 Å². The van der Waals surface area contributed by atoms with Crippen LogP contribution in [0.5, 0.6) is 0 Å². The van der Waals surface area contributed by atoms with Crippen molar-refractivity contribution in [2.75, 3.05) is 26.2 Å². The van der Waals surface area contributed by atoms with Crippen LogP contribution in [0.25, 0.3) is 0 Å². The van der Waals surface area contributed by atoms with Crippen LogP contribution < -0.4 is 11.1 Å². The number of piperazine rings is 1. The second-order valence-electron chi connectivity index (χ2n) is 4.72. The van der Waals surface area contributed by atoms with Gasteiger partial charge in [0.15, 0.2) is 5.78 Å². The Hall–Kier alpha value is -1.72. The Balaban J connectivity index is 2.06. The Kier molecular flexibility index (Phi) is 4.65. The van der Waals surface area contributed by atoms with Gasteiger partial charge in [-0.1, -0.05) is 30.3 Å². The quantitative estimate of drug-likeness (QED) is 0.704. The molecular weight excluding hydrogens is 242 g/mol. The van der Waals surface area contributed by atoms with Crippen LogP contribution >= 0.6 is 0 Å². The number of carbonyl (C=O) groups is 2. The average molecular weight is 261 g/mol. The molecule has 0 saturated carbocycles. The number of primary amides is 1. The third kappa shape index (κ3) is 3.62. The number of Topliss-reactive ketones (excluding diaryl/α,β-unsaturated/α-hetero) is 1. The molecule has 0 aromatic heterocycles. The van der Waals surface area contributed by atoms with Gasteiger partial charge in [0.2, 0.25) is 5.91 Å². The predicted molar refractivity (Wildman–Crippen MR) is 72.6 cm³/mol. The van der Waals surface area contributed by atoms with Gasteiger partial charge in [-0.05, 0) is 5.56 Å². The molecule has 1 aromatic rings. The molecule has 1 amide bonds. The fraction of sp³-hybridized carbons (Fsp3) is 0.429. The first-order chi connectivity index (χ1) is 9.18. The van der Waals surface area contributed by atoms with Gasteiger partial charge in [-0.2, -0.15) is 0 Å². The van der Waals surface area contributed by atoms with Crippen LogP contribution in [0.1, 0.15) is 5.56 Å². The number of rotatable bonds is 5. The lowest BCUT2D eigenvalue weighted by Crippen LogP contribution is -2.56. The lowest BCUT2D eigenvalue weighted by atomic mass is 10.0. The third-order valence-corrected chi connectivity index (χ3v) is 3.31. The molecule has 5 heteroatoms. The van der Waals surface area contributed by atoms with Crippen molar-refractivity contribution < 1.29 is 9.59 Å². The molecule has 1 saturated heterocycles. The maximum absolute atomic E-state index is 12.3. The highest BCUT2D eigenvalue weighted by Crippen LogP contribution is 2.08. The van der Waals surface area contributed by atoms with E-state index in [1.54, 1.807) is 0 Å². The molecule has 19 heavy (non-hydrogen) atoms. The monoisotopic (exact) mass is 261 g/mol. The molecule has 1 aliphatic rings. The SMILES string of the molecule is NC(=O)C(C(=O)Cc1ccccc1)N1CCNCC1. The minimum atomic E-state index is -0.803. The van der Waals surface area contributed by atoms with E-state index in [4.69, 9.17) is 5.73 Å². The average Bonchev–Trinajstić information content (AvgIpc) is 2.40. The van der Waals surface area contributed by atoms with Crippen LogP contribution in [-0.2, 0) is 16.0 Å². The summed E-state index contributed by atoms with van der Waals surface area (Å²) < 4.78 is 0. The zero-order valence-electron chi connectivity index (χ0n) is 10.8. The molecule has 1 unspecified atom stereocenters. The first-order valence-corrected chi connectivity index (χ1v) is 6.49. The van der Waals surface area contributed by atoms with Gasteiger partial charge in [-0.3, -0.25) is 14.5 Å². The zero-order chi connectivity index (χ0) is 13.7. The van der Waals surface area contributed by atoms with E-state index in [1.807, 2.05) is 35.2 Å². The molecule has 1 fully saturated rings. The summed E-state index contributed by atoms with van der Waals surface area (Å²) in [6, 6.07) is 8.62. The second kappa shape index (κ2) is 6.45. The number of carbonyl (C=O) groups excluding carboxylic acids is 2. The maximum atomic E-state index is 12.3.